The van der Waals surface area contributed by atoms with E-state index in [0.717, 1.165) is 18.4 Å². The second-order valence-corrected chi connectivity index (χ2v) is 9.67. The number of aromatic nitrogens is 2. The Morgan fingerprint density at radius 2 is 2.17 bits per heavy atom. The Labute approximate surface area is 174 Å². The number of sulfonamides is 1. The summed E-state index contributed by atoms with van der Waals surface area (Å²) in [6.07, 6.45) is 2.29. The molecular weight excluding hydrogens is 410 g/mol. The fourth-order valence-corrected chi connectivity index (χ4v) is 5.90. The van der Waals surface area contributed by atoms with Gasteiger partial charge in [-0.05, 0) is 49.3 Å². The largest absolute Gasteiger partial charge is 0.492 e. The fourth-order valence-electron chi connectivity index (χ4n) is 3.58. The van der Waals surface area contributed by atoms with Crippen LogP contribution in [0.3, 0.4) is 0 Å². The summed E-state index contributed by atoms with van der Waals surface area (Å²) in [7, 11) is -3.63. The van der Waals surface area contributed by atoms with Gasteiger partial charge in [-0.2, -0.15) is 20.6 Å². The van der Waals surface area contributed by atoms with Crippen LogP contribution in [0.1, 0.15) is 25.7 Å². The highest BCUT2D eigenvalue weighted by molar-refractivity contribution is 7.89. The molecule has 9 heteroatoms. The summed E-state index contributed by atoms with van der Waals surface area (Å²) in [5.41, 5.74) is 0.936. The van der Waals surface area contributed by atoms with Gasteiger partial charge in [0.05, 0.1) is 6.61 Å². The van der Waals surface area contributed by atoms with Gasteiger partial charge in [-0.25, -0.2) is 8.42 Å². The van der Waals surface area contributed by atoms with Crippen LogP contribution in [0, 0.1) is 5.92 Å². The molecule has 0 amide bonds. The lowest BCUT2D eigenvalue weighted by molar-refractivity contribution is 0.246. The third-order valence-electron chi connectivity index (χ3n) is 4.96. The van der Waals surface area contributed by atoms with Gasteiger partial charge in [-0.3, -0.25) is 0 Å². The van der Waals surface area contributed by atoms with E-state index in [0.29, 0.717) is 43.6 Å². The number of nitrogens with zero attached hydrogens (tertiary/aromatic N) is 3. The van der Waals surface area contributed by atoms with E-state index in [9.17, 15) is 8.42 Å². The molecule has 1 aliphatic heterocycles. The summed E-state index contributed by atoms with van der Waals surface area (Å²) >= 11 is 1.58. The number of thiophene rings is 1. The molecule has 0 aliphatic carbocycles. The van der Waals surface area contributed by atoms with Crippen LogP contribution in [0.25, 0.3) is 11.4 Å². The Bertz CT molecular complexity index is 1050. The SMILES string of the molecule is CCOc1ccccc1S(=O)(=O)N1CCCC(Cc2nc(-c3ccsc3)no2)C1. The van der Waals surface area contributed by atoms with E-state index in [4.69, 9.17) is 9.26 Å². The number of hydrogen-bond acceptors (Lipinski definition) is 7. The quantitative estimate of drug-likeness (QED) is 0.563. The molecule has 29 heavy (non-hydrogen) atoms. The van der Waals surface area contributed by atoms with E-state index in [1.54, 1.807) is 39.9 Å². The van der Waals surface area contributed by atoms with Gasteiger partial charge in [0.2, 0.25) is 21.7 Å². The highest BCUT2D eigenvalue weighted by Gasteiger charge is 2.33. The molecule has 0 N–H and O–H groups in total. The van der Waals surface area contributed by atoms with E-state index < -0.39 is 10.0 Å². The zero-order chi connectivity index (χ0) is 20.3. The first kappa shape index (κ1) is 20.1. The van der Waals surface area contributed by atoms with Crippen LogP contribution in [0.5, 0.6) is 5.75 Å². The molecular formula is C20H23N3O4S2. The van der Waals surface area contributed by atoms with Crippen molar-refractivity contribution in [3.8, 4) is 17.1 Å². The van der Waals surface area contributed by atoms with Crippen LogP contribution in [0.15, 0.2) is 50.5 Å². The van der Waals surface area contributed by atoms with Crippen LogP contribution in [0.2, 0.25) is 0 Å². The van der Waals surface area contributed by atoms with E-state index in [1.807, 2.05) is 23.8 Å². The average molecular weight is 434 g/mol. The summed E-state index contributed by atoms with van der Waals surface area (Å²) in [5.74, 6) is 1.65. The zero-order valence-electron chi connectivity index (χ0n) is 16.2. The molecule has 0 saturated carbocycles. The lowest BCUT2D eigenvalue weighted by Crippen LogP contribution is -2.40. The minimum absolute atomic E-state index is 0.133. The number of rotatable bonds is 7. The van der Waals surface area contributed by atoms with Crippen molar-refractivity contribution in [1.82, 2.24) is 14.4 Å². The summed E-state index contributed by atoms with van der Waals surface area (Å²) in [5, 5.41) is 7.98. The van der Waals surface area contributed by atoms with Gasteiger partial charge >= 0.3 is 0 Å². The molecule has 1 fully saturated rings. The third-order valence-corrected chi connectivity index (χ3v) is 7.55. The van der Waals surface area contributed by atoms with E-state index >= 15 is 0 Å². The Morgan fingerprint density at radius 1 is 1.31 bits per heavy atom. The van der Waals surface area contributed by atoms with E-state index in [1.165, 1.54) is 0 Å². The minimum Gasteiger partial charge on any atom is -0.492 e. The standard InChI is InChI=1S/C20H23N3O4S2/c1-2-26-17-7-3-4-8-18(17)29(24,25)23-10-5-6-15(13-23)12-19-21-20(22-27-19)16-9-11-28-14-16/h3-4,7-9,11,14-15H,2,5-6,10,12-13H2,1H3. The number of benzene rings is 1. The van der Waals surface area contributed by atoms with Crippen LogP contribution in [-0.2, 0) is 16.4 Å². The van der Waals surface area contributed by atoms with Gasteiger partial charge in [0, 0.05) is 30.5 Å². The first-order valence-corrected chi connectivity index (χ1v) is 12.0. The molecule has 1 aliphatic rings. The molecule has 1 atom stereocenters. The lowest BCUT2D eigenvalue weighted by atomic mass is 9.96. The smallest absolute Gasteiger partial charge is 0.246 e. The Morgan fingerprint density at radius 3 is 2.97 bits per heavy atom. The zero-order valence-corrected chi connectivity index (χ0v) is 17.8. The monoisotopic (exact) mass is 433 g/mol. The highest BCUT2D eigenvalue weighted by Crippen LogP contribution is 2.31. The third kappa shape index (κ3) is 4.36. The predicted molar refractivity (Wildman–Crippen MR) is 110 cm³/mol. The Hall–Kier alpha value is -2.23. The average Bonchev–Trinajstić information content (AvgIpc) is 3.41. The second-order valence-electron chi connectivity index (χ2n) is 6.98. The molecule has 0 bridgehead atoms. The first-order valence-electron chi connectivity index (χ1n) is 9.65. The molecule has 154 valence electrons. The van der Waals surface area contributed by atoms with Crippen molar-refractivity contribution in [1.29, 1.82) is 0 Å². The second kappa shape index (κ2) is 8.64. The molecule has 4 rings (SSSR count). The topological polar surface area (TPSA) is 85.5 Å². The van der Waals surface area contributed by atoms with Crippen LogP contribution in [-0.4, -0.2) is 42.6 Å². The fraction of sp³-hybridized carbons (Fsp3) is 0.400. The van der Waals surface area contributed by atoms with Gasteiger partial charge in [-0.1, -0.05) is 17.3 Å². The highest BCUT2D eigenvalue weighted by atomic mass is 32.2. The molecule has 0 spiro atoms. The van der Waals surface area contributed by atoms with Gasteiger partial charge in [-0.15, -0.1) is 0 Å². The van der Waals surface area contributed by atoms with Crippen molar-refractivity contribution in [3.05, 3.63) is 47.0 Å². The lowest BCUT2D eigenvalue weighted by Gasteiger charge is -2.31. The number of hydrogen-bond donors (Lipinski definition) is 0. The normalized spacial score (nSPS) is 18.0. The molecule has 2 aromatic heterocycles. The Kier molecular flexibility index (Phi) is 5.98. The maximum Gasteiger partial charge on any atom is 0.246 e. The van der Waals surface area contributed by atoms with Gasteiger partial charge in [0.15, 0.2) is 0 Å². The van der Waals surface area contributed by atoms with Crippen molar-refractivity contribution in [3.63, 3.8) is 0 Å². The molecule has 3 aromatic rings. The summed E-state index contributed by atoms with van der Waals surface area (Å²) in [6, 6.07) is 8.76. The minimum atomic E-state index is -3.63. The van der Waals surface area contributed by atoms with Crippen molar-refractivity contribution in [2.45, 2.75) is 31.1 Å². The van der Waals surface area contributed by atoms with Crippen LogP contribution in [0.4, 0.5) is 0 Å². The van der Waals surface area contributed by atoms with Crippen molar-refractivity contribution >= 4 is 21.4 Å². The molecule has 0 radical (unpaired) electrons. The molecule has 1 aromatic carbocycles. The molecule has 7 nitrogen and oxygen atoms in total. The maximum absolute atomic E-state index is 13.2. The number of para-hydroxylation sites is 1. The summed E-state index contributed by atoms with van der Waals surface area (Å²) in [6.45, 7) is 3.19. The van der Waals surface area contributed by atoms with Crippen molar-refractivity contribution < 1.29 is 17.7 Å². The van der Waals surface area contributed by atoms with Gasteiger partial charge < -0.3 is 9.26 Å². The Balaban J connectivity index is 1.48. The van der Waals surface area contributed by atoms with Gasteiger partial charge in [0.1, 0.15) is 10.6 Å². The number of piperidine rings is 1. The van der Waals surface area contributed by atoms with E-state index in [-0.39, 0.29) is 10.8 Å². The predicted octanol–water partition coefficient (Wildman–Crippen LogP) is 3.84. The van der Waals surface area contributed by atoms with Crippen LogP contribution >= 0.6 is 11.3 Å². The van der Waals surface area contributed by atoms with Crippen molar-refractivity contribution in [2.75, 3.05) is 19.7 Å². The van der Waals surface area contributed by atoms with Crippen molar-refractivity contribution in [2.24, 2.45) is 5.92 Å². The van der Waals surface area contributed by atoms with Gasteiger partial charge in [0.25, 0.3) is 0 Å². The molecule has 3 heterocycles. The van der Waals surface area contributed by atoms with Crippen LogP contribution < -0.4 is 4.74 Å². The molecule has 1 unspecified atom stereocenters. The summed E-state index contributed by atoms with van der Waals surface area (Å²) < 4.78 is 39.0. The maximum atomic E-state index is 13.2. The molecule has 1 saturated heterocycles. The number of ether oxygens (including phenoxy) is 1. The summed E-state index contributed by atoms with van der Waals surface area (Å²) in [4.78, 5) is 4.69. The van der Waals surface area contributed by atoms with E-state index in [2.05, 4.69) is 10.1 Å². The first-order chi connectivity index (χ1) is 14.1.